The van der Waals surface area contributed by atoms with Gasteiger partial charge in [0.2, 0.25) is 0 Å². The van der Waals surface area contributed by atoms with Crippen LogP contribution in [0.1, 0.15) is 42.5 Å². The number of hydrogen-bond acceptors (Lipinski definition) is 10. The van der Waals surface area contributed by atoms with Gasteiger partial charge in [-0.3, -0.25) is 24.6 Å². The summed E-state index contributed by atoms with van der Waals surface area (Å²) in [5.41, 5.74) is 7.43. The minimum atomic E-state index is -1.25. The van der Waals surface area contributed by atoms with Crippen LogP contribution in [0.2, 0.25) is 0 Å². The molecule has 0 fully saturated rings. The zero-order chi connectivity index (χ0) is 30.8. The van der Waals surface area contributed by atoms with Gasteiger partial charge in [0.15, 0.2) is 5.78 Å². The molecule has 0 spiro atoms. The number of rotatable bonds is 8. The van der Waals surface area contributed by atoms with Gasteiger partial charge in [-0.1, -0.05) is 18.2 Å². The highest BCUT2D eigenvalue weighted by Gasteiger charge is 2.51. The number of ketones is 1. The molecule has 0 saturated heterocycles. The average molecular weight is 606 g/mol. The Balaban J connectivity index is 1.83. The molecule has 2 N–H and O–H groups in total. The average Bonchev–Trinajstić information content (AvgIpc) is 3.52. The van der Waals surface area contributed by atoms with Gasteiger partial charge < -0.3 is 15.2 Å². The number of Topliss-reactive ketones (excluding diaryl/α,β-unsaturated/α-hetero) is 1. The Morgan fingerprint density at radius 2 is 1.81 bits per heavy atom. The monoisotopic (exact) mass is 605 g/mol. The Morgan fingerprint density at radius 1 is 1.09 bits per heavy atom. The van der Waals surface area contributed by atoms with E-state index in [0.29, 0.717) is 11.4 Å². The molecule has 12 heteroatoms. The molecule has 2 aromatic carbocycles. The summed E-state index contributed by atoms with van der Waals surface area (Å²) in [6.45, 7) is 3.28. The van der Waals surface area contributed by atoms with Crippen molar-refractivity contribution in [1.29, 1.82) is 0 Å². The maximum absolute atomic E-state index is 14.7. The zero-order valence-electron chi connectivity index (χ0n) is 23.3. The lowest BCUT2D eigenvalue weighted by Gasteiger charge is -2.43. The first-order valence-electron chi connectivity index (χ1n) is 13.6. The fraction of sp³-hybridized carbons (Fsp3) is 0.258. The number of nitro groups is 1. The summed E-state index contributed by atoms with van der Waals surface area (Å²) in [7, 11) is 0. The van der Waals surface area contributed by atoms with Crippen molar-refractivity contribution < 1.29 is 33.2 Å². The molecule has 0 radical (unpaired) electrons. The number of nitro benzene ring substituents is 1. The number of ether oxygens (including phenoxy) is 2. The molecule has 0 saturated carbocycles. The molecule has 3 atom stereocenters. The Bertz CT molecular complexity index is 1650. The molecule has 222 valence electrons. The first-order chi connectivity index (χ1) is 20.7. The van der Waals surface area contributed by atoms with Crippen molar-refractivity contribution in [2.75, 3.05) is 18.1 Å². The van der Waals surface area contributed by atoms with Gasteiger partial charge in [0.25, 0.3) is 5.69 Å². The van der Waals surface area contributed by atoms with Gasteiger partial charge in [0, 0.05) is 39.9 Å². The standard InChI is InChI=1S/C31H28FN3O7S/c1-3-41-30(37)25-21(23-9-6-14-43-23)16-22-26(28(25)36)24(17-7-5-8-20(15-17)35(39)40)27(31(38)42-4-2)29(33)34(22)19-12-10-18(32)11-13-19/h5-15,21,24-25H,3-4,16,33H2,1-2H3/t21-,24-,25-/m1/s1. The zero-order valence-corrected chi connectivity index (χ0v) is 24.1. The molecule has 1 aromatic heterocycles. The van der Waals surface area contributed by atoms with E-state index in [1.807, 2.05) is 17.5 Å². The predicted molar refractivity (Wildman–Crippen MR) is 156 cm³/mol. The number of anilines is 1. The molecule has 1 aliphatic carbocycles. The molecular formula is C31H28FN3O7S. The van der Waals surface area contributed by atoms with Crippen molar-refractivity contribution >= 4 is 40.4 Å². The summed E-state index contributed by atoms with van der Waals surface area (Å²) in [6, 6.07) is 14.6. The fourth-order valence-corrected chi connectivity index (χ4v) is 6.61. The van der Waals surface area contributed by atoms with Crippen molar-refractivity contribution in [2.24, 2.45) is 11.7 Å². The SMILES string of the molecule is CCOC(=O)C1=C(N)N(c2ccc(F)cc2)C2=C(C(=O)[C@H](C(=O)OCC)[C@@H](c3cccs3)C2)[C@H]1c1cccc([N+](=O)[O-])c1. The van der Waals surface area contributed by atoms with E-state index < -0.39 is 46.2 Å². The van der Waals surface area contributed by atoms with Crippen molar-refractivity contribution in [2.45, 2.75) is 32.1 Å². The number of halogens is 1. The fourth-order valence-electron chi connectivity index (χ4n) is 5.75. The summed E-state index contributed by atoms with van der Waals surface area (Å²) < 4.78 is 24.7. The lowest BCUT2D eigenvalue weighted by atomic mass is 9.68. The number of nitrogens with two attached hydrogens (primary N) is 1. The highest BCUT2D eigenvalue weighted by Crippen LogP contribution is 2.52. The van der Waals surface area contributed by atoms with Crippen LogP contribution in [-0.4, -0.2) is 35.9 Å². The van der Waals surface area contributed by atoms with E-state index in [-0.39, 0.29) is 47.9 Å². The van der Waals surface area contributed by atoms with Crippen molar-refractivity contribution in [3.05, 3.63) is 115 Å². The van der Waals surface area contributed by atoms with E-state index in [4.69, 9.17) is 15.2 Å². The van der Waals surface area contributed by atoms with E-state index in [2.05, 4.69) is 0 Å². The highest BCUT2D eigenvalue weighted by molar-refractivity contribution is 7.10. The van der Waals surface area contributed by atoms with Crippen LogP contribution in [-0.2, 0) is 23.9 Å². The van der Waals surface area contributed by atoms with Crippen molar-refractivity contribution in [3.63, 3.8) is 0 Å². The second-order valence-corrected chi connectivity index (χ2v) is 10.9. The van der Waals surface area contributed by atoms with Gasteiger partial charge in [-0.05, 0) is 61.5 Å². The van der Waals surface area contributed by atoms with E-state index in [1.54, 1.807) is 19.9 Å². The predicted octanol–water partition coefficient (Wildman–Crippen LogP) is 5.32. The molecule has 43 heavy (non-hydrogen) atoms. The molecule has 0 bridgehead atoms. The lowest BCUT2D eigenvalue weighted by molar-refractivity contribution is -0.384. The number of carbonyl (C=O) groups excluding carboxylic acids is 3. The third-order valence-corrected chi connectivity index (χ3v) is 8.49. The smallest absolute Gasteiger partial charge is 0.338 e. The topological polar surface area (TPSA) is 142 Å². The molecule has 0 amide bonds. The van der Waals surface area contributed by atoms with Gasteiger partial charge in [0.05, 0.1) is 29.6 Å². The van der Waals surface area contributed by atoms with E-state index in [0.717, 1.165) is 4.88 Å². The van der Waals surface area contributed by atoms with Crippen molar-refractivity contribution in [1.82, 2.24) is 0 Å². The second kappa shape index (κ2) is 12.2. The number of esters is 2. The molecule has 10 nitrogen and oxygen atoms in total. The molecule has 1 aliphatic heterocycles. The molecule has 5 rings (SSSR count). The first-order valence-corrected chi connectivity index (χ1v) is 14.5. The van der Waals surface area contributed by atoms with Crippen LogP contribution in [0.25, 0.3) is 0 Å². The first kappa shape index (κ1) is 29.6. The Hall–Kier alpha value is -4.84. The number of carbonyl (C=O) groups is 3. The van der Waals surface area contributed by atoms with Crippen LogP contribution in [0.4, 0.5) is 15.8 Å². The maximum atomic E-state index is 14.7. The van der Waals surface area contributed by atoms with Crippen LogP contribution < -0.4 is 10.6 Å². The molecule has 3 aromatic rings. The number of hydrogen-bond donors (Lipinski definition) is 1. The van der Waals surface area contributed by atoms with E-state index in [1.165, 1.54) is 58.7 Å². The third-order valence-electron chi connectivity index (χ3n) is 7.48. The summed E-state index contributed by atoms with van der Waals surface area (Å²) in [5.74, 6) is -5.81. The highest BCUT2D eigenvalue weighted by atomic mass is 32.1. The molecule has 2 aliphatic rings. The molecule has 2 heterocycles. The van der Waals surface area contributed by atoms with Crippen LogP contribution in [0, 0.1) is 21.8 Å². The molecule has 0 unspecified atom stereocenters. The van der Waals surface area contributed by atoms with Gasteiger partial charge in [0.1, 0.15) is 17.6 Å². The Labute approximate surface area is 250 Å². The summed E-state index contributed by atoms with van der Waals surface area (Å²) in [5, 5.41) is 13.6. The van der Waals surface area contributed by atoms with E-state index >= 15 is 0 Å². The maximum Gasteiger partial charge on any atom is 0.338 e. The summed E-state index contributed by atoms with van der Waals surface area (Å²) in [6.07, 6.45) is 0.130. The summed E-state index contributed by atoms with van der Waals surface area (Å²) >= 11 is 1.38. The lowest BCUT2D eigenvalue weighted by Crippen LogP contribution is -2.46. The van der Waals surface area contributed by atoms with Crippen LogP contribution in [0.5, 0.6) is 0 Å². The largest absolute Gasteiger partial charge is 0.465 e. The minimum absolute atomic E-state index is 0.0143. The Kier molecular flexibility index (Phi) is 8.40. The van der Waals surface area contributed by atoms with Crippen LogP contribution in [0.15, 0.2) is 88.7 Å². The normalized spacial score (nSPS) is 20.1. The third kappa shape index (κ3) is 5.41. The number of thiophene rings is 1. The number of allylic oxidation sites excluding steroid dienone is 2. The molecular weight excluding hydrogens is 577 g/mol. The second-order valence-electron chi connectivity index (χ2n) is 9.90. The van der Waals surface area contributed by atoms with Gasteiger partial charge in [-0.25, -0.2) is 9.18 Å². The van der Waals surface area contributed by atoms with E-state index in [9.17, 15) is 28.9 Å². The van der Waals surface area contributed by atoms with Crippen molar-refractivity contribution in [3.8, 4) is 0 Å². The number of nitrogens with zero attached hydrogens (tertiary/aromatic N) is 2. The van der Waals surface area contributed by atoms with Gasteiger partial charge >= 0.3 is 11.9 Å². The Morgan fingerprint density at radius 3 is 2.44 bits per heavy atom. The van der Waals surface area contributed by atoms with Gasteiger partial charge in [-0.15, -0.1) is 11.3 Å². The van der Waals surface area contributed by atoms with Crippen LogP contribution >= 0.6 is 11.3 Å². The number of benzene rings is 2. The summed E-state index contributed by atoms with van der Waals surface area (Å²) in [4.78, 5) is 55.1. The minimum Gasteiger partial charge on any atom is -0.465 e. The quantitative estimate of drug-likeness (QED) is 0.156. The number of non-ortho nitro benzene ring substituents is 1. The van der Waals surface area contributed by atoms with Crippen LogP contribution in [0.3, 0.4) is 0 Å². The van der Waals surface area contributed by atoms with Gasteiger partial charge in [-0.2, -0.15) is 0 Å².